The van der Waals surface area contributed by atoms with E-state index >= 15 is 0 Å². The number of nitrogens with zero attached hydrogens (tertiary/aromatic N) is 1. The molecule has 0 aliphatic rings. The van der Waals surface area contributed by atoms with Gasteiger partial charge in [-0.05, 0) is 6.07 Å². The Hall–Kier alpha value is -1.07. The molecule has 1 aromatic rings. The molecule has 0 N–H and O–H groups in total. The van der Waals surface area contributed by atoms with E-state index in [1.165, 1.54) is 6.07 Å². The molecule has 100 valence electrons. The zero-order chi connectivity index (χ0) is 13.7. The van der Waals surface area contributed by atoms with Gasteiger partial charge in [-0.3, -0.25) is 4.79 Å². The van der Waals surface area contributed by atoms with Crippen LogP contribution < -0.4 is 4.74 Å². The number of carbonyl (C=O) groups is 1. The summed E-state index contributed by atoms with van der Waals surface area (Å²) >= 11 is 11.2. The van der Waals surface area contributed by atoms with Crippen LogP contribution in [0.15, 0.2) is 6.07 Å². The van der Waals surface area contributed by atoms with Crippen LogP contribution in [-0.4, -0.2) is 24.2 Å². The van der Waals surface area contributed by atoms with Crippen LogP contribution in [0.3, 0.4) is 0 Å². The Bertz CT molecular complexity index is 441. The molecule has 0 aliphatic heterocycles. The topological polar surface area (TPSA) is 48.4 Å². The van der Waals surface area contributed by atoms with Crippen molar-refractivity contribution < 1.29 is 18.7 Å². The highest BCUT2D eigenvalue weighted by Gasteiger charge is 2.11. The Labute approximate surface area is 114 Å². The molecule has 0 atom stereocenters. The van der Waals surface area contributed by atoms with Gasteiger partial charge in [0.2, 0.25) is 11.8 Å². The molecule has 0 aliphatic carbocycles. The molecule has 1 rings (SSSR count). The lowest BCUT2D eigenvalue weighted by molar-refractivity contribution is -0.148. The molecule has 4 nitrogen and oxygen atoms in total. The van der Waals surface area contributed by atoms with Gasteiger partial charge in [0.05, 0.1) is 10.9 Å². The van der Waals surface area contributed by atoms with Crippen molar-refractivity contribution in [3.8, 4) is 5.88 Å². The summed E-state index contributed by atoms with van der Waals surface area (Å²) < 4.78 is 23.0. The lowest BCUT2D eigenvalue weighted by Crippen LogP contribution is -2.16. The average molecular weight is 296 g/mol. The summed E-state index contributed by atoms with van der Waals surface area (Å²) in [6.45, 7) is 3.51. The molecule has 0 saturated heterocycles. The van der Waals surface area contributed by atoms with Crippen LogP contribution in [0.4, 0.5) is 4.39 Å². The van der Waals surface area contributed by atoms with Gasteiger partial charge in [0, 0.05) is 0 Å². The second-order valence-corrected chi connectivity index (χ2v) is 4.53. The molecule has 0 unspecified atom stereocenters. The number of hydrogen-bond donors (Lipinski definition) is 0. The van der Waals surface area contributed by atoms with Crippen molar-refractivity contribution in [1.29, 1.82) is 0 Å². The van der Waals surface area contributed by atoms with E-state index in [2.05, 4.69) is 4.98 Å². The molecule has 0 saturated carbocycles. The number of aromatic nitrogens is 1. The molecular weight excluding hydrogens is 284 g/mol. The van der Waals surface area contributed by atoms with Crippen molar-refractivity contribution in [3.63, 3.8) is 0 Å². The van der Waals surface area contributed by atoms with E-state index in [0.29, 0.717) is 0 Å². The van der Waals surface area contributed by atoms with Crippen molar-refractivity contribution in [1.82, 2.24) is 4.98 Å². The zero-order valence-corrected chi connectivity index (χ0v) is 11.4. The zero-order valence-electron chi connectivity index (χ0n) is 9.87. The first-order valence-corrected chi connectivity index (χ1v) is 5.98. The Balaban J connectivity index is 2.45. The molecule has 0 spiro atoms. The van der Waals surface area contributed by atoms with Gasteiger partial charge in [0.25, 0.3) is 0 Å². The molecule has 1 aromatic heterocycles. The lowest BCUT2D eigenvalue weighted by atomic mass is 10.2. The van der Waals surface area contributed by atoms with Gasteiger partial charge < -0.3 is 9.47 Å². The highest BCUT2D eigenvalue weighted by Crippen LogP contribution is 2.26. The lowest BCUT2D eigenvalue weighted by Gasteiger charge is -2.09. The van der Waals surface area contributed by atoms with Crippen LogP contribution >= 0.6 is 23.2 Å². The second kappa shape index (κ2) is 6.75. The standard InChI is InChI=1S/C11H12Cl2FNO3/c1-6(2)11(16)18-4-3-17-10-8(13)5-7(12)9(14)15-10/h5-6H,3-4H2,1-2H3. The first-order chi connectivity index (χ1) is 8.41. The first kappa shape index (κ1) is 15.0. The maximum Gasteiger partial charge on any atom is 0.308 e. The summed E-state index contributed by atoms with van der Waals surface area (Å²) in [5.41, 5.74) is 0. The molecule has 1 heterocycles. The van der Waals surface area contributed by atoms with E-state index in [1.807, 2.05) is 0 Å². The van der Waals surface area contributed by atoms with Crippen molar-refractivity contribution in [2.75, 3.05) is 13.2 Å². The van der Waals surface area contributed by atoms with Crippen LogP contribution in [0.5, 0.6) is 5.88 Å². The summed E-state index contributed by atoms with van der Waals surface area (Å²) in [7, 11) is 0. The van der Waals surface area contributed by atoms with E-state index in [9.17, 15) is 9.18 Å². The molecule has 7 heteroatoms. The summed E-state index contributed by atoms with van der Waals surface area (Å²) in [6.07, 6.45) is 0. The van der Waals surface area contributed by atoms with Gasteiger partial charge in [-0.1, -0.05) is 37.0 Å². The van der Waals surface area contributed by atoms with Gasteiger partial charge in [0.1, 0.15) is 18.2 Å². The van der Waals surface area contributed by atoms with E-state index in [0.717, 1.165) is 0 Å². The number of ether oxygens (including phenoxy) is 2. The quantitative estimate of drug-likeness (QED) is 0.476. The van der Waals surface area contributed by atoms with E-state index < -0.39 is 5.95 Å². The van der Waals surface area contributed by atoms with E-state index in [1.54, 1.807) is 13.8 Å². The minimum absolute atomic E-state index is 0.0340. The van der Waals surface area contributed by atoms with E-state index in [-0.39, 0.29) is 41.0 Å². The molecule has 0 aromatic carbocycles. The maximum atomic E-state index is 13.0. The van der Waals surface area contributed by atoms with Gasteiger partial charge in [-0.15, -0.1) is 0 Å². The van der Waals surface area contributed by atoms with E-state index in [4.69, 9.17) is 32.7 Å². The normalized spacial score (nSPS) is 10.6. The summed E-state index contributed by atoms with van der Waals surface area (Å²) in [5, 5.41) is -0.0878. The average Bonchev–Trinajstić information content (AvgIpc) is 2.30. The monoisotopic (exact) mass is 295 g/mol. The van der Waals surface area contributed by atoms with Crippen molar-refractivity contribution in [2.45, 2.75) is 13.8 Å². The molecule has 0 fully saturated rings. The van der Waals surface area contributed by atoms with Crippen molar-refractivity contribution in [3.05, 3.63) is 22.1 Å². The fourth-order valence-electron chi connectivity index (χ4n) is 0.977. The minimum Gasteiger partial charge on any atom is -0.473 e. The molecule has 0 radical (unpaired) electrons. The highest BCUT2D eigenvalue weighted by atomic mass is 35.5. The van der Waals surface area contributed by atoms with Crippen molar-refractivity contribution in [2.24, 2.45) is 5.92 Å². The number of carbonyl (C=O) groups excluding carboxylic acids is 1. The maximum absolute atomic E-state index is 13.0. The van der Waals surface area contributed by atoms with Gasteiger partial charge in [0.15, 0.2) is 0 Å². The molecular formula is C11H12Cl2FNO3. The highest BCUT2D eigenvalue weighted by molar-refractivity contribution is 6.35. The number of halogens is 3. The van der Waals surface area contributed by atoms with Gasteiger partial charge >= 0.3 is 5.97 Å². The fraction of sp³-hybridized carbons (Fsp3) is 0.455. The number of rotatable bonds is 5. The Morgan fingerprint density at radius 1 is 1.39 bits per heavy atom. The fourth-order valence-corrected chi connectivity index (χ4v) is 1.39. The SMILES string of the molecule is CC(C)C(=O)OCCOc1nc(F)c(Cl)cc1Cl. The Kier molecular flexibility index (Phi) is 5.62. The largest absolute Gasteiger partial charge is 0.473 e. The minimum atomic E-state index is -0.866. The predicted octanol–water partition coefficient (Wildman–Crippen LogP) is 3.11. The van der Waals surface area contributed by atoms with Gasteiger partial charge in [-0.25, -0.2) is 0 Å². The first-order valence-electron chi connectivity index (χ1n) is 5.22. The number of esters is 1. The van der Waals surface area contributed by atoms with Crippen LogP contribution in [0, 0.1) is 11.9 Å². The third kappa shape index (κ3) is 4.31. The van der Waals surface area contributed by atoms with Crippen LogP contribution in [0.1, 0.15) is 13.8 Å². The summed E-state index contributed by atoms with van der Waals surface area (Å²) in [6, 6.07) is 1.20. The summed E-state index contributed by atoms with van der Waals surface area (Å²) in [4.78, 5) is 14.6. The third-order valence-corrected chi connectivity index (χ3v) is 2.43. The van der Waals surface area contributed by atoms with Gasteiger partial charge in [-0.2, -0.15) is 9.37 Å². The summed E-state index contributed by atoms with van der Waals surface area (Å²) in [5.74, 6) is -1.49. The third-order valence-electron chi connectivity index (χ3n) is 1.89. The van der Waals surface area contributed by atoms with Crippen LogP contribution in [-0.2, 0) is 9.53 Å². The predicted molar refractivity (Wildman–Crippen MR) is 65.5 cm³/mol. The Morgan fingerprint density at radius 2 is 2.06 bits per heavy atom. The second-order valence-electron chi connectivity index (χ2n) is 3.72. The Morgan fingerprint density at radius 3 is 2.67 bits per heavy atom. The molecule has 0 bridgehead atoms. The van der Waals surface area contributed by atoms with Crippen molar-refractivity contribution >= 4 is 29.2 Å². The van der Waals surface area contributed by atoms with Crippen LogP contribution in [0.25, 0.3) is 0 Å². The number of pyridine rings is 1. The molecule has 0 amide bonds. The van der Waals surface area contributed by atoms with Crippen LogP contribution in [0.2, 0.25) is 10.0 Å². The number of hydrogen-bond acceptors (Lipinski definition) is 4. The molecule has 18 heavy (non-hydrogen) atoms. The smallest absolute Gasteiger partial charge is 0.308 e.